The Kier molecular flexibility index (Phi) is 28.0. The Morgan fingerprint density at radius 2 is 0.658 bits per heavy atom. The first-order valence-electron chi connectivity index (χ1n) is 16.0. The van der Waals surface area contributed by atoms with E-state index >= 15 is 0 Å². The maximum absolute atomic E-state index is 12.8. The van der Waals surface area contributed by atoms with Crippen LogP contribution < -0.4 is 0 Å². The third-order valence-corrected chi connectivity index (χ3v) is 6.72. The third kappa shape index (κ3) is 24.3. The highest BCUT2D eigenvalue weighted by molar-refractivity contribution is 5.14. The Morgan fingerprint density at radius 1 is 0.384 bits per heavy atom. The van der Waals surface area contributed by atoms with Crippen LogP contribution in [0.3, 0.4) is 0 Å². The highest BCUT2D eigenvalue weighted by Crippen LogP contribution is 2.53. The predicted octanol–water partition coefficient (Wildman–Crippen LogP) is 19.1. The van der Waals surface area contributed by atoms with Gasteiger partial charge in [0.05, 0.1) is 6.42 Å². The van der Waals surface area contributed by atoms with Crippen LogP contribution in [0.2, 0.25) is 0 Å². The normalized spacial score (nSPS) is 14.3. The number of alkyl halides is 40. The molecule has 0 N–H and O–H groups in total. The predicted molar refractivity (Wildman–Crippen MR) is 161 cm³/mol. The van der Waals surface area contributed by atoms with Gasteiger partial charge in [0.1, 0.15) is 11.7 Å². The molecule has 0 aliphatic heterocycles. The molecule has 0 aliphatic rings. The average Bonchev–Trinajstić information content (AvgIpc) is 3.06. The van der Waals surface area contributed by atoms with Crippen molar-refractivity contribution in [3.05, 3.63) is 62.8 Å². The minimum atomic E-state index is -6.43. The summed E-state index contributed by atoms with van der Waals surface area (Å²) >= 11 is 0. The molecule has 0 fully saturated rings. The summed E-state index contributed by atoms with van der Waals surface area (Å²) in [5.41, 5.74) is -17.2. The lowest BCUT2D eigenvalue weighted by Crippen LogP contribution is -2.55. The summed E-state index contributed by atoms with van der Waals surface area (Å²) in [6, 6.07) is 0. The summed E-state index contributed by atoms with van der Waals surface area (Å²) in [6.07, 6.45) is -70.8. The van der Waals surface area contributed by atoms with Gasteiger partial charge in [-0.2, -0.15) is 154 Å². The molecule has 0 saturated carbocycles. The molecule has 0 nitrogen and oxygen atoms in total. The van der Waals surface area contributed by atoms with Crippen LogP contribution in [0.1, 0.15) is 19.8 Å². The van der Waals surface area contributed by atoms with Crippen LogP contribution in [0.5, 0.6) is 0 Å². The molecule has 440 valence electrons. The van der Waals surface area contributed by atoms with E-state index in [2.05, 4.69) is 19.7 Å². The van der Waals surface area contributed by atoms with Gasteiger partial charge in [-0.15, -0.1) is 6.58 Å². The van der Waals surface area contributed by atoms with Gasteiger partial charge in [-0.25, -0.2) is 30.7 Å². The lowest BCUT2D eigenvalue weighted by atomic mass is 9.95. The van der Waals surface area contributed by atoms with Crippen molar-refractivity contribution < 1.29 is 184 Å². The molecule has 0 heterocycles. The number of hydrogen-bond acceptors (Lipinski definition) is 0. The van der Waals surface area contributed by atoms with E-state index in [0.717, 1.165) is 0 Å². The molecule has 73 heavy (non-hydrogen) atoms. The molecule has 0 aliphatic carbocycles. The molecule has 0 aromatic rings. The van der Waals surface area contributed by atoms with Crippen molar-refractivity contribution in [3.8, 4) is 0 Å². The molecule has 0 radical (unpaired) electrons. The number of halogens is 42. The van der Waals surface area contributed by atoms with Gasteiger partial charge in [0, 0.05) is 6.42 Å². The minimum Gasteiger partial charge on any atom is -0.223 e. The van der Waals surface area contributed by atoms with E-state index in [9.17, 15) is 184 Å². The van der Waals surface area contributed by atoms with Crippen molar-refractivity contribution >= 4 is 0 Å². The molecule has 0 aromatic carbocycles. The summed E-state index contributed by atoms with van der Waals surface area (Å²) in [7, 11) is 0. The summed E-state index contributed by atoms with van der Waals surface area (Å²) in [6.45, 7) is 11.3. The maximum Gasteiger partial charge on any atom is 0.457 e. The van der Waals surface area contributed by atoms with E-state index in [1.54, 1.807) is 6.58 Å². The molecule has 0 unspecified atom stereocenters. The van der Waals surface area contributed by atoms with Crippen molar-refractivity contribution in [2.45, 2.75) is 117 Å². The number of rotatable bonds is 8. The number of hydrogen-bond donors (Lipinski definition) is 0. The Balaban J connectivity index is -0.000000186. The van der Waals surface area contributed by atoms with Gasteiger partial charge in [-0.05, 0) is 12.2 Å². The fraction of sp³-hybridized carbons (Fsp3) is 0.677. The Hall–Kier alpha value is -4.24. The first-order chi connectivity index (χ1) is 30.8. The van der Waals surface area contributed by atoms with E-state index in [1.165, 1.54) is 0 Å². The quantitative estimate of drug-likeness (QED) is 0.168. The van der Waals surface area contributed by atoms with Crippen LogP contribution in [0.15, 0.2) is 62.8 Å². The smallest absolute Gasteiger partial charge is 0.223 e. The van der Waals surface area contributed by atoms with Crippen LogP contribution in [-0.2, 0) is 0 Å². The molecule has 0 spiro atoms. The lowest BCUT2D eigenvalue weighted by Gasteiger charge is -2.32. The highest BCUT2D eigenvalue weighted by Gasteiger charge is 2.76. The number of allylic oxidation sites excluding steroid dienone is 5. The molecule has 0 aromatic heterocycles. The molecule has 0 bridgehead atoms. The zero-order valence-electron chi connectivity index (χ0n) is 33.7. The van der Waals surface area contributed by atoms with Gasteiger partial charge in [0.15, 0.2) is 5.92 Å². The Bertz CT molecular complexity index is 1610. The second kappa shape index (κ2) is 25.5. The van der Waals surface area contributed by atoms with Crippen molar-refractivity contribution in [1.29, 1.82) is 0 Å². The van der Waals surface area contributed by atoms with E-state index in [0.29, 0.717) is 6.92 Å². The second-order valence-corrected chi connectivity index (χ2v) is 12.2. The molecule has 0 saturated heterocycles. The van der Waals surface area contributed by atoms with Crippen molar-refractivity contribution in [1.82, 2.24) is 0 Å². The molecular formula is C31H22F42. The van der Waals surface area contributed by atoms with Gasteiger partial charge in [-0.3, -0.25) is 0 Å². The second-order valence-electron chi connectivity index (χ2n) is 12.2. The van der Waals surface area contributed by atoms with Crippen LogP contribution in [-0.4, -0.2) is 96.8 Å². The van der Waals surface area contributed by atoms with Gasteiger partial charge in [0.2, 0.25) is 5.92 Å². The fourth-order valence-electron chi connectivity index (χ4n) is 2.81. The van der Waals surface area contributed by atoms with Crippen LogP contribution in [0.4, 0.5) is 184 Å². The summed E-state index contributed by atoms with van der Waals surface area (Å²) < 4.78 is 487. The molecule has 42 heteroatoms. The largest absolute Gasteiger partial charge is 0.457 e. The summed E-state index contributed by atoms with van der Waals surface area (Å²) in [4.78, 5) is 0. The van der Waals surface area contributed by atoms with Gasteiger partial charge in [-0.1, -0.05) is 39.3 Å². The highest BCUT2D eigenvalue weighted by atomic mass is 19.5. The first kappa shape index (κ1) is 80.2. The SMILES string of the molecule is C=C(F)C(C(F)(F)F)C(F)(F)F.C=C(F)C(F)(C(F)(F)F)C(F)(F)F.C=CC(C(F)(F)F)C(F)(F)F.C=CC(F)(C(F)(F)F)C(F)(F)F.C=CC(F)(F)C(F)(F)F.CCC(F)(F)CC(F)(C(F)(F)F)C(F)(F)F. The van der Waals surface area contributed by atoms with Crippen LogP contribution >= 0.6 is 0 Å². The molecule has 0 amide bonds. The summed E-state index contributed by atoms with van der Waals surface area (Å²) in [5, 5.41) is 0. The molecule has 0 rings (SSSR count). The maximum atomic E-state index is 12.8. The lowest BCUT2D eigenvalue weighted by molar-refractivity contribution is -0.354. The topological polar surface area (TPSA) is 0 Å². The van der Waals surface area contributed by atoms with Crippen LogP contribution in [0, 0.1) is 11.8 Å². The van der Waals surface area contributed by atoms with E-state index in [-0.39, 0.29) is 6.08 Å². The average molecular weight is 1190 g/mol. The summed E-state index contributed by atoms with van der Waals surface area (Å²) in [5.74, 6) is -22.2. The Morgan fingerprint density at radius 3 is 0.699 bits per heavy atom. The Labute approximate surface area is 376 Å². The standard InChI is InChI=1S/C7H7F9.C5H2F8.2C5H3F7.C5H4F6.C4H3F5/c1-2-4(8,9)3-5(10,6(11,12)13)7(14,15)16;1-2(6)3(7,4(8,9)10)5(11,12)13;1-2-3(6,4(7,8)9)5(10,11)12;1-2(6)3(4(7,8)9)5(10,11)12;1-2-3(4(6,7)8)5(9,10)11;1-2-3(5,6)4(7,8)9/h2-3H2,1H3;1H2;2H,1H2;3H,1H2;2-3H,1H2;2H,1H2. The monoisotopic (exact) mass is 1190 g/mol. The first-order valence-corrected chi connectivity index (χ1v) is 16.0. The van der Waals surface area contributed by atoms with Crippen molar-refractivity contribution in [2.24, 2.45) is 11.8 Å². The minimum absolute atomic E-state index is 0.167. The van der Waals surface area contributed by atoms with Crippen molar-refractivity contribution in [2.75, 3.05) is 0 Å². The zero-order chi connectivity index (χ0) is 61.8. The molecular weight excluding hydrogens is 1170 g/mol. The zero-order valence-corrected chi connectivity index (χ0v) is 33.7. The van der Waals surface area contributed by atoms with E-state index < -0.39 is 145 Å². The van der Waals surface area contributed by atoms with E-state index in [1.807, 2.05) is 6.58 Å². The fourth-order valence-corrected chi connectivity index (χ4v) is 2.81. The van der Waals surface area contributed by atoms with Crippen LogP contribution in [0.25, 0.3) is 0 Å². The van der Waals surface area contributed by atoms with Gasteiger partial charge >= 0.3 is 90.9 Å². The third-order valence-electron chi connectivity index (χ3n) is 6.72. The van der Waals surface area contributed by atoms with Gasteiger partial charge in [0.25, 0.3) is 5.92 Å². The van der Waals surface area contributed by atoms with E-state index in [4.69, 9.17) is 0 Å². The van der Waals surface area contributed by atoms with Gasteiger partial charge < -0.3 is 0 Å². The molecule has 0 atom stereocenters. The van der Waals surface area contributed by atoms with Crippen molar-refractivity contribution in [3.63, 3.8) is 0 Å².